The van der Waals surface area contributed by atoms with Crippen molar-refractivity contribution in [1.29, 1.82) is 0 Å². The largest absolute Gasteiger partial charge is 0.496 e. The third-order valence-corrected chi connectivity index (χ3v) is 8.28. The van der Waals surface area contributed by atoms with Crippen LogP contribution in [0.15, 0.2) is 66.7 Å². The molecule has 0 saturated carbocycles. The molecule has 2 heterocycles. The first-order valence-electron chi connectivity index (χ1n) is 14.6. The van der Waals surface area contributed by atoms with Crippen molar-refractivity contribution < 1.29 is 14.3 Å². The van der Waals surface area contributed by atoms with Gasteiger partial charge < -0.3 is 30.1 Å². The molecule has 2 aliphatic rings. The smallest absolute Gasteiger partial charge is 0.319 e. The molecule has 5 rings (SSSR count). The molecule has 0 bridgehead atoms. The molecule has 216 valence electrons. The molecule has 8 nitrogen and oxygen atoms in total. The first kappa shape index (κ1) is 28.5. The van der Waals surface area contributed by atoms with Gasteiger partial charge in [-0.05, 0) is 67.8 Å². The van der Waals surface area contributed by atoms with Gasteiger partial charge in [-0.25, -0.2) is 4.79 Å². The SMILES string of the molecule is CCN1CCN(c2cccc3c2CN([C@H](CCCNC(=O)Nc2ccccc2)c2ccc(OC)c(C)c2)C3=O)CC1. The number of methoxy groups -OCH3 is 1. The monoisotopic (exact) mass is 555 g/mol. The summed E-state index contributed by atoms with van der Waals surface area (Å²) in [6.45, 7) is 10.4. The summed E-state index contributed by atoms with van der Waals surface area (Å²) in [5.74, 6) is 0.901. The van der Waals surface area contributed by atoms with E-state index in [0.717, 1.165) is 79.3 Å². The number of nitrogens with zero attached hydrogens (tertiary/aromatic N) is 3. The number of amides is 3. The lowest BCUT2D eigenvalue weighted by Crippen LogP contribution is -2.46. The third-order valence-electron chi connectivity index (χ3n) is 8.28. The Hall–Kier alpha value is -4.04. The Bertz CT molecular complexity index is 1350. The molecule has 3 aromatic rings. The van der Waals surface area contributed by atoms with Crippen molar-refractivity contribution in [3.63, 3.8) is 0 Å². The molecule has 3 aromatic carbocycles. The second-order valence-corrected chi connectivity index (χ2v) is 10.8. The zero-order chi connectivity index (χ0) is 28.8. The van der Waals surface area contributed by atoms with E-state index in [0.29, 0.717) is 13.1 Å². The van der Waals surface area contributed by atoms with Gasteiger partial charge >= 0.3 is 6.03 Å². The lowest BCUT2D eigenvalue weighted by molar-refractivity contribution is 0.0689. The molecule has 1 atom stereocenters. The number of rotatable bonds is 10. The van der Waals surface area contributed by atoms with Crippen LogP contribution >= 0.6 is 0 Å². The average molecular weight is 556 g/mol. The maximum Gasteiger partial charge on any atom is 0.319 e. The second kappa shape index (κ2) is 13.1. The van der Waals surface area contributed by atoms with Crippen LogP contribution in [0.3, 0.4) is 0 Å². The Balaban J connectivity index is 1.32. The van der Waals surface area contributed by atoms with Gasteiger partial charge in [-0.3, -0.25) is 4.79 Å². The summed E-state index contributed by atoms with van der Waals surface area (Å²) in [6, 6.07) is 21.4. The van der Waals surface area contributed by atoms with Gasteiger partial charge in [-0.1, -0.05) is 43.3 Å². The van der Waals surface area contributed by atoms with E-state index in [4.69, 9.17) is 4.74 Å². The van der Waals surface area contributed by atoms with E-state index < -0.39 is 0 Å². The zero-order valence-electron chi connectivity index (χ0n) is 24.4. The van der Waals surface area contributed by atoms with Gasteiger partial charge in [0.15, 0.2) is 0 Å². The van der Waals surface area contributed by atoms with Gasteiger partial charge in [0.2, 0.25) is 0 Å². The number of hydrogen-bond acceptors (Lipinski definition) is 5. The van der Waals surface area contributed by atoms with Crippen molar-refractivity contribution in [1.82, 2.24) is 15.1 Å². The van der Waals surface area contributed by atoms with Crippen LogP contribution in [0, 0.1) is 6.92 Å². The highest BCUT2D eigenvalue weighted by Crippen LogP contribution is 2.39. The molecule has 0 spiro atoms. The molecule has 41 heavy (non-hydrogen) atoms. The lowest BCUT2D eigenvalue weighted by atomic mass is 9.98. The van der Waals surface area contributed by atoms with Gasteiger partial charge in [0.25, 0.3) is 5.91 Å². The van der Waals surface area contributed by atoms with Crippen LogP contribution in [0.1, 0.15) is 52.9 Å². The number of likely N-dealkylation sites (N-methyl/N-ethyl adjacent to an activating group) is 1. The normalized spacial score (nSPS) is 15.9. The third kappa shape index (κ3) is 6.49. The molecule has 1 saturated heterocycles. The Kier molecular flexibility index (Phi) is 9.09. The van der Waals surface area contributed by atoms with Gasteiger partial charge in [-0.2, -0.15) is 0 Å². The Morgan fingerprint density at radius 1 is 1.00 bits per heavy atom. The summed E-state index contributed by atoms with van der Waals surface area (Å²) < 4.78 is 5.51. The minimum absolute atomic E-state index is 0.0716. The summed E-state index contributed by atoms with van der Waals surface area (Å²) >= 11 is 0. The summed E-state index contributed by atoms with van der Waals surface area (Å²) in [5.41, 5.74) is 5.97. The number of hydrogen-bond donors (Lipinski definition) is 2. The highest BCUT2D eigenvalue weighted by molar-refractivity contribution is 6.00. The van der Waals surface area contributed by atoms with Gasteiger partial charge in [0, 0.05) is 61.8 Å². The van der Waals surface area contributed by atoms with E-state index in [1.807, 2.05) is 60.4 Å². The summed E-state index contributed by atoms with van der Waals surface area (Å²) in [7, 11) is 1.67. The van der Waals surface area contributed by atoms with E-state index in [-0.39, 0.29) is 18.0 Å². The van der Waals surface area contributed by atoms with Crippen molar-refractivity contribution in [2.45, 2.75) is 39.3 Å². The molecule has 2 aliphatic heterocycles. The predicted molar refractivity (Wildman–Crippen MR) is 164 cm³/mol. The van der Waals surface area contributed by atoms with E-state index in [1.54, 1.807) is 7.11 Å². The van der Waals surface area contributed by atoms with Crippen LogP contribution in [-0.4, -0.2) is 68.1 Å². The van der Waals surface area contributed by atoms with Crippen molar-refractivity contribution in [3.05, 3.63) is 89.0 Å². The van der Waals surface area contributed by atoms with Gasteiger partial charge in [-0.15, -0.1) is 0 Å². The number of piperazine rings is 1. The number of aryl methyl sites for hydroxylation is 1. The fourth-order valence-electron chi connectivity index (χ4n) is 6.00. The number of anilines is 2. The average Bonchev–Trinajstić information content (AvgIpc) is 3.33. The topological polar surface area (TPSA) is 77.2 Å². The number of carbonyl (C=O) groups excluding carboxylic acids is 2. The fourth-order valence-corrected chi connectivity index (χ4v) is 6.00. The number of fused-ring (bicyclic) bond motifs is 1. The van der Waals surface area contributed by atoms with Crippen molar-refractivity contribution in [2.24, 2.45) is 0 Å². The van der Waals surface area contributed by atoms with Crippen molar-refractivity contribution in [3.8, 4) is 5.75 Å². The van der Waals surface area contributed by atoms with Gasteiger partial charge in [0.1, 0.15) is 5.75 Å². The maximum atomic E-state index is 13.9. The van der Waals surface area contributed by atoms with Crippen LogP contribution in [0.5, 0.6) is 5.75 Å². The number of nitrogens with one attached hydrogen (secondary N) is 2. The fraction of sp³-hybridized carbons (Fsp3) is 0.394. The Labute approximate surface area is 243 Å². The van der Waals surface area contributed by atoms with Crippen molar-refractivity contribution >= 4 is 23.3 Å². The highest BCUT2D eigenvalue weighted by atomic mass is 16.5. The first-order chi connectivity index (χ1) is 20.0. The number of para-hydroxylation sites is 1. The minimum atomic E-state index is -0.231. The molecule has 0 unspecified atom stereocenters. The Morgan fingerprint density at radius 3 is 2.49 bits per heavy atom. The van der Waals surface area contributed by atoms with E-state index >= 15 is 0 Å². The first-order valence-corrected chi connectivity index (χ1v) is 14.6. The van der Waals surface area contributed by atoms with Crippen LogP contribution in [-0.2, 0) is 6.54 Å². The van der Waals surface area contributed by atoms with Crippen molar-refractivity contribution in [2.75, 3.05) is 56.6 Å². The van der Waals surface area contributed by atoms with Crippen LogP contribution in [0.25, 0.3) is 0 Å². The molecule has 8 heteroatoms. The molecule has 0 aromatic heterocycles. The molecular weight excluding hydrogens is 514 g/mol. The second-order valence-electron chi connectivity index (χ2n) is 10.8. The van der Waals surface area contributed by atoms with E-state index in [1.165, 1.54) is 5.69 Å². The standard InChI is InChI=1S/C33H41N5O3/c1-4-36-18-20-37(21-19-36)30-13-8-12-27-28(30)23-38(32(27)39)29(25-15-16-31(41-3)24(2)22-25)14-9-17-34-33(40)35-26-10-6-5-7-11-26/h5-8,10-13,15-16,22,29H,4,9,14,17-21,23H2,1-3H3,(H2,34,35,40)/t29-/m1/s1. The Morgan fingerprint density at radius 2 is 1.78 bits per heavy atom. The summed E-state index contributed by atoms with van der Waals surface area (Å²) in [6.07, 6.45) is 1.45. The lowest BCUT2D eigenvalue weighted by Gasteiger charge is -2.36. The minimum Gasteiger partial charge on any atom is -0.496 e. The molecule has 0 radical (unpaired) electrons. The maximum absolute atomic E-state index is 13.9. The molecular formula is C33H41N5O3. The quantitative estimate of drug-likeness (QED) is 0.326. The van der Waals surface area contributed by atoms with E-state index in [2.05, 4.69) is 45.6 Å². The van der Waals surface area contributed by atoms with E-state index in [9.17, 15) is 9.59 Å². The van der Waals surface area contributed by atoms with Crippen LogP contribution in [0.4, 0.5) is 16.2 Å². The summed E-state index contributed by atoms with van der Waals surface area (Å²) in [5, 5.41) is 5.83. The molecule has 1 fully saturated rings. The summed E-state index contributed by atoms with van der Waals surface area (Å²) in [4.78, 5) is 33.2. The molecule has 3 amide bonds. The van der Waals surface area contributed by atoms with Gasteiger partial charge in [0.05, 0.1) is 13.2 Å². The predicted octanol–water partition coefficient (Wildman–Crippen LogP) is 5.44. The van der Waals surface area contributed by atoms with Crippen LogP contribution < -0.4 is 20.3 Å². The zero-order valence-corrected chi connectivity index (χ0v) is 24.4. The molecule has 0 aliphatic carbocycles. The molecule has 2 N–H and O–H groups in total. The van der Waals surface area contributed by atoms with Crippen LogP contribution in [0.2, 0.25) is 0 Å². The highest BCUT2D eigenvalue weighted by Gasteiger charge is 2.36. The number of carbonyl (C=O) groups is 2. The number of urea groups is 1. The number of benzene rings is 3. The number of ether oxygens (including phenoxy) is 1.